The van der Waals surface area contributed by atoms with Crippen molar-refractivity contribution in [3.05, 3.63) is 30.5 Å². The number of aromatic nitrogens is 2. The monoisotopic (exact) mass is 190 g/mol. The third-order valence-corrected chi connectivity index (χ3v) is 1.99. The second-order valence-corrected chi connectivity index (χ2v) is 3.08. The molecule has 0 unspecified atom stereocenters. The molecule has 0 atom stereocenters. The summed E-state index contributed by atoms with van der Waals surface area (Å²) in [5.41, 5.74) is 0.852. The number of phenols is 1. The minimum Gasteiger partial charge on any atom is -0.508 e. The summed E-state index contributed by atoms with van der Waals surface area (Å²) < 4.78 is 1.72. The van der Waals surface area contributed by atoms with Crippen LogP contribution in [0, 0.1) is 0 Å². The molecule has 1 heterocycles. The molecule has 4 nitrogen and oxygen atoms in total. The average Bonchev–Trinajstić information content (AvgIpc) is 2.47. The van der Waals surface area contributed by atoms with Crippen LogP contribution < -0.4 is 0 Å². The Morgan fingerprint density at radius 2 is 1.79 bits per heavy atom. The number of hydrogen-bond donors (Lipinski definition) is 2. The van der Waals surface area contributed by atoms with Crippen LogP contribution in [0.5, 0.6) is 11.6 Å². The molecule has 0 radical (unpaired) electrons. The summed E-state index contributed by atoms with van der Waals surface area (Å²) >= 11 is 0. The summed E-state index contributed by atoms with van der Waals surface area (Å²) in [5.74, 6) is 0.880. The normalized spacial score (nSPS) is 10.4. The van der Waals surface area contributed by atoms with Gasteiger partial charge in [-0.25, -0.2) is 0 Å². The smallest absolute Gasteiger partial charge is 0.229 e. The minimum absolute atomic E-state index is 0.00410. The first kappa shape index (κ1) is 8.62. The summed E-state index contributed by atoms with van der Waals surface area (Å²) in [6, 6.07) is 6.66. The van der Waals surface area contributed by atoms with Gasteiger partial charge in [0.25, 0.3) is 0 Å². The van der Waals surface area contributed by atoms with Crippen LogP contribution in [0.4, 0.5) is 0 Å². The molecule has 1 aromatic carbocycles. The molecule has 0 aliphatic carbocycles. The summed E-state index contributed by atoms with van der Waals surface area (Å²) in [7, 11) is 1.80. The van der Waals surface area contributed by atoms with E-state index in [1.807, 2.05) is 0 Å². The van der Waals surface area contributed by atoms with E-state index < -0.39 is 0 Å². The van der Waals surface area contributed by atoms with Gasteiger partial charge in [0.05, 0.1) is 6.20 Å². The van der Waals surface area contributed by atoms with E-state index in [1.54, 1.807) is 35.9 Å². The van der Waals surface area contributed by atoms with E-state index in [2.05, 4.69) is 4.98 Å². The highest BCUT2D eigenvalue weighted by Gasteiger charge is 2.05. The van der Waals surface area contributed by atoms with Gasteiger partial charge in [-0.3, -0.25) is 0 Å². The molecular formula is C10H10N2O2. The van der Waals surface area contributed by atoms with Gasteiger partial charge >= 0.3 is 0 Å². The molecule has 2 rings (SSSR count). The third kappa shape index (κ3) is 1.42. The van der Waals surface area contributed by atoms with E-state index in [-0.39, 0.29) is 11.6 Å². The van der Waals surface area contributed by atoms with Crippen molar-refractivity contribution in [3.8, 4) is 23.0 Å². The van der Waals surface area contributed by atoms with Gasteiger partial charge in [-0.05, 0) is 24.3 Å². The highest BCUT2D eigenvalue weighted by atomic mass is 16.3. The number of rotatable bonds is 1. The highest BCUT2D eigenvalue weighted by molar-refractivity contribution is 5.57. The number of imidazole rings is 1. The van der Waals surface area contributed by atoms with Crippen molar-refractivity contribution in [2.45, 2.75) is 0 Å². The van der Waals surface area contributed by atoms with Crippen LogP contribution in [0.25, 0.3) is 11.4 Å². The maximum absolute atomic E-state index is 9.17. The topological polar surface area (TPSA) is 58.3 Å². The Balaban J connectivity index is 2.49. The molecule has 0 fully saturated rings. The van der Waals surface area contributed by atoms with E-state index in [9.17, 15) is 0 Å². The minimum atomic E-state index is -0.00410. The molecule has 1 aromatic heterocycles. The van der Waals surface area contributed by atoms with E-state index in [0.29, 0.717) is 5.82 Å². The summed E-state index contributed by atoms with van der Waals surface area (Å²) in [6.07, 6.45) is 1.53. The lowest BCUT2D eigenvalue weighted by molar-refractivity contribution is 0.456. The third-order valence-electron chi connectivity index (χ3n) is 1.99. The lowest BCUT2D eigenvalue weighted by Crippen LogP contribution is -1.90. The van der Waals surface area contributed by atoms with Crippen molar-refractivity contribution in [1.29, 1.82) is 0 Å². The van der Waals surface area contributed by atoms with Crippen molar-refractivity contribution >= 4 is 0 Å². The molecule has 0 saturated heterocycles. The SMILES string of the molecule is Cn1cc(O)nc1-c1ccc(O)cc1. The van der Waals surface area contributed by atoms with Crippen LogP contribution in [0.2, 0.25) is 0 Å². The first-order chi connectivity index (χ1) is 6.66. The predicted molar refractivity (Wildman–Crippen MR) is 52.0 cm³/mol. The summed E-state index contributed by atoms with van der Waals surface area (Å²) in [6.45, 7) is 0. The molecule has 0 aliphatic rings. The van der Waals surface area contributed by atoms with Crippen LogP contribution in [-0.4, -0.2) is 19.8 Å². The van der Waals surface area contributed by atoms with Crippen molar-refractivity contribution < 1.29 is 10.2 Å². The first-order valence-electron chi connectivity index (χ1n) is 4.18. The van der Waals surface area contributed by atoms with Gasteiger partial charge < -0.3 is 14.8 Å². The lowest BCUT2D eigenvalue weighted by atomic mass is 10.2. The zero-order valence-corrected chi connectivity index (χ0v) is 7.68. The summed E-state index contributed by atoms with van der Waals surface area (Å²) in [4.78, 5) is 3.95. The Bertz CT molecular complexity index is 446. The maximum atomic E-state index is 9.17. The number of benzene rings is 1. The Morgan fingerprint density at radius 3 is 2.29 bits per heavy atom. The van der Waals surface area contributed by atoms with Gasteiger partial charge in [0, 0.05) is 12.6 Å². The molecular weight excluding hydrogens is 180 g/mol. The molecule has 0 spiro atoms. The highest BCUT2D eigenvalue weighted by Crippen LogP contribution is 2.22. The quantitative estimate of drug-likeness (QED) is 0.716. The summed E-state index contributed by atoms with van der Waals surface area (Å²) in [5, 5.41) is 18.3. The number of nitrogens with zero attached hydrogens (tertiary/aromatic N) is 2. The number of aromatic hydroxyl groups is 2. The molecule has 2 aromatic rings. The van der Waals surface area contributed by atoms with Gasteiger partial charge in [0.2, 0.25) is 5.88 Å². The van der Waals surface area contributed by atoms with Crippen LogP contribution >= 0.6 is 0 Å². The van der Waals surface area contributed by atoms with Gasteiger partial charge in [-0.2, -0.15) is 4.98 Å². The Labute approximate surface area is 81.1 Å². The van der Waals surface area contributed by atoms with Gasteiger partial charge in [0.15, 0.2) is 0 Å². The standard InChI is InChI=1S/C10H10N2O2/c1-12-6-9(14)11-10(12)7-2-4-8(13)5-3-7/h2-6,13-14H,1H3. The number of phenolic OH excluding ortho intramolecular Hbond substituents is 1. The van der Waals surface area contributed by atoms with Gasteiger partial charge in [-0.15, -0.1) is 0 Å². The van der Waals surface area contributed by atoms with E-state index >= 15 is 0 Å². The fraction of sp³-hybridized carbons (Fsp3) is 0.100. The molecule has 0 bridgehead atoms. The fourth-order valence-electron chi connectivity index (χ4n) is 1.33. The van der Waals surface area contributed by atoms with Crippen LogP contribution in [-0.2, 0) is 7.05 Å². The Kier molecular flexibility index (Phi) is 1.89. The molecule has 0 aliphatic heterocycles. The van der Waals surface area contributed by atoms with Gasteiger partial charge in [0.1, 0.15) is 11.6 Å². The number of aryl methyl sites for hydroxylation is 1. The average molecular weight is 190 g/mol. The van der Waals surface area contributed by atoms with Crippen LogP contribution in [0.3, 0.4) is 0 Å². The molecule has 14 heavy (non-hydrogen) atoms. The van der Waals surface area contributed by atoms with E-state index in [1.165, 1.54) is 6.20 Å². The van der Waals surface area contributed by atoms with Crippen molar-refractivity contribution in [2.24, 2.45) is 7.05 Å². The number of hydrogen-bond acceptors (Lipinski definition) is 3. The van der Waals surface area contributed by atoms with Crippen molar-refractivity contribution in [3.63, 3.8) is 0 Å². The van der Waals surface area contributed by atoms with E-state index in [4.69, 9.17) is 10.2 Å². The van der Waals surface area contributed by atoms with Crippen molar-refractivity contribution in [2.75, 3.05) is 0 Å². The Hall–Kier alpha value is -1.97. The second kappa shape index (κ2) is 3.06. The van der Waals surface area contributed by atoms with Crippen molar-refractivity contribution in [1.82, 2.24) is 9.55 Å². The zero-order chi connectivity index (χ0) is 10.1. The first-order valence-corrected chi connectivity index (χ1v) is 4.18. The molecule has 2 N–H and O–H groups in total. The molecule has 4 heteroatoms. The molecule has 0 amide bonds. The Morgan fingerprint density at radius 1 is 1.14 bits per heavy atom. The van der Waals surface area contributed by atoms with Crippen LogP contribution in [0.15, 0.2) is 30.5 Å². The zero-order valence-electron chi connectivity index (χ0n) is 7.68. The van der Waals surface area contributed by atoms with Gasteiger partial charge in [-0.1, -0.05) is 0 Å². The molecule has 0 saturated carbocycles. The largest absolute Gasteiger partial charge is 0.508 e. The second-order valence-electron chi connectivity index (χ2n) is 3.08. The predicted octanol–water partition coefficient (Wildman–Crippen LogP) is 1.50. The lowest BCUT2D eigenvalue weighted by Gasteiger charge is -2.00. The maximum Gasteiger partial charge on any atom is 0.229 e. The molecule has 72 valence electrons. The van der Waals surface area contributed by atoms with Crippen LogP contribution in [0.1, 0.15) is 0 Å². The van der Waals surface area contributed by atoms with E-state index in [0.717, 1.165) is 5.56 Å². The fourth-order valence-corrected chi connectivity index (χ4v) is 1.33.